The average molecular weight is 251 g/mol. The van der Waals surface area contributed by atoms with E-state index in [0.717, 1.165) is 6.42 Å². The summed E-state index contributed by atoms with van der Waals surface area (Å²) in [6.07, 6.45) is 2.23. The summed E-state index contributed by atoms with van der Waals surface area (Å²) < 4.78 is 11.9. The first-order chi connectivity index (χ1) is 8.13. The zero-order valence-corrected chi connectivity index (χ0v) is 10.5. The molecule has 1 rings (SSSR count). The van der Waals surface area contributed by atoms with E-state index in [2.05, 4.69) is 10.1 Å². The molecule has 0 radical (unpaired) electrons. The molecule has 1 aromatic heterocycles. The molecule has 1 N–H and O–H groups in total. The van der Waals surface area contributed by atoms with E-state index in [1.165, 1.54) is 6.20 Å². The van der Waals surface area contributed by atoms with Crippen LogP contribution in [0.2, 0.25) is 0 Å². The minimum Gasteiger partial charge on any atom is -0.611 e. The third-order valence-electron chi connectivity index (χ3n) is 2.15. The van der Waals surface area contributed by atoms with Gasteiger partial charge in [0.1, 0.15) is 11.8 Å². The highest BCUT2D eigenvalue weighted by Crippen LogP contribution is 2.17. The molecule has 1 unspecified atom stereocenters. The average Bonchev–Trinajstić information content (AvgIpc) is 2.33. The number of hydrogen-bond donors (Lipinski definition) is 1. The summed E-state index contributed by atoms with van der Waals surface area (Å²) in [6, 6.07) is 3.34. The van der Waals surface area contributed by atoms with Crippen LogP contribution in [-0.2, 0) is 11.2 Å². The van der Waals surface area contributed by atoms with E-state index in [1.807, 2.05) is 6.92 Å². The maximum atomic E-state index is 11.9. The smallest absolute Gasteiger partial charge is 0.188 e. The van der Waals surface area contributed by atoms with E-state index in [0.29, 0.717) is 21.9 Å². The summed E-state index contributed by atoms with van der Waals surface area (Å²) in [5.41, 5.74) is 0.906. The third kappa shape index (κ3) is 3.19. The van der Waals surface area contributed by atoms with Crippen LogP contribution in [-0.4, -0.2) is 26.2 Å². The van der Waals surface area contributed by atoms with Crippen molar-refractivity contribution in [1.29, 1.82) is 5.26 Å². The van der Waals surface area contributed by atoms with Crippen LogP contribution in [0.3, 0.4) is 0 Å². The quantitative estimate of drug-likeness (QED) is 0.381. The lowest BCUT2D eigenvalue weighted by Crippen LogP contribution is -2.11. The summed E-state index contributed by atoms with van der Waals surface area (Å²) in [7, 11) is 0. The monoisotopic (exact) mass is 251 g/mol. The molecule has 5 nitrogen and oxygen atoms in total. The van der Waals surface area contributed by atoms with Crippen LogP contribution in [0.1, 0.15) is 24.6 Å². The van der Waals surface area contributed by atoms with Crippen LogP contribution in [0.15, 0.2) is 22.3 Å². The second-order valence-electron chi connectivity index (χ2n) is 3.42. The molecule has 0 spiro atoms. The van der Waals surface area contributed by atoms with Gasteiger partial charge in [-0.05, 0) is 24.5 Å². The molecule has 0 aliphatic carbocycles. The predicted molar refractivity (Wildman–Crippen MR) is 64.5 cm³/mol. The molecule has 0 aromatic carbocycles. The molecular formula is C11H13N3O2S. The maximum Gasteiger partial charge on any atom is 0.188 e. The van der Waals surface area contributed by atoms with Crippen molar-refractivity contribution in [3.63, 3.8) is 0 Å². The molecule has 0 fully saturated rings. The second-order valence-corrected chi connectivity index (χ2v) is 4.96. The first kappa shape index (κ1) is 13.5. The van der Waals surface area contributed by atoms with Gasteiger partial charge in [0.05, 0.1) is 5.69 Å². The van der Waals surface area contributed by atoms with Gasteiger partial charge < -0.3 is 9.76 Å². The Balaban J connectivity index is 3.15. The van der Waals surface area contributed by atoms with Crippen molar-refractivity contribution in [1.82, 2.24) is 4.98 Å². The van der Waals surface area contributed by atoms with Gasteiger partial charge in [0, 0.05) is 17.8 Å². The summed E-state index contributed by atoms with van der Waals surface area (Å²) >= 11 is -1.13. The Morgan fingerprint density at radius 3 is 2.94 bits per heavy atom. The Morgan fingerprint density at radius 1 is 1.71 bits per heavy atom. The topological polar surface area (TPSA) is 92.3 Å². The fraction of sp³-hybridized carbons (Fsp3) is 0.364. The fourth-order valence-corrected chi connectivity index (χ4v) is 2.54. The molecule has 6 heteroatoms. The van der Waals surface area contributed by atoms with Gasteiger partial charge in [-0.3, -0.25) is 4.98 Å². The lowest BCUT2D eigenvalue weighted by Gasteiger charge is -2.11. The number of aryl methyl sites for hydroxylation is 1. The van der Waals surface area contributed by atoms with Gasteiger partial charge in [0.15, 0.2) is 10.6 Å². The summed E-state index contributed by atoms with van der Waals surface area (Å²) in [4.78, 5) is 4.65. The molecule has 1 atom stereocenters. The van der Waals surface area contributed by atoms with Gasteiger partial charge in [0.25, 0.3) is 0 Å². The molecule has 0 aliphatic rings. The van der Waals surface area contributed by atoms with Crippen LogP contribution >= 0.6 is 0 Å². The highest BCUT2D eigenvalue weighted by atomic mass is 32.2. The SMILES string of the molecule is CCC[S+]([O-])c1cc(/C(C#N)=N/O)cnc1C. The van der Waals surface area contributed by atoms with Gasteiger partial charge in [0.2, 0.25) is 0 Å². The minimum atomic E-state index is -1.13. The van der Waals surface area contributed by atoms with Crippen LogP contribution < -0.4 is 0 Å². The van der Waals surface area contributed by atoms with Crippen LogP contribution in [0.4, 0.5) is 0 Å². The van der Waals surface area contributed by atoms with E-state index >= 15 is 0 Å². The molecule has 0 saturated heterocycles. The third-order valence-corrected chi connectivity index (χ3v) is 3.84. The minimum absolute atomic E-state index is 0.132. The van der Waals surface area contributed by atoms with Crippen molar-refractivity contribution in [2.45, 2.75) is 25.2 Å². The van der Waals surface area contributed by atoms with Crippen molar-refractivity contribution in [3.8, 4) is 6.07 Å². The van der Waals surface area contributed by atoms with Crippen LogP contribution in [0.5, 0.6) is 0 Å². The van der Waals surface area contributed by atoms with Crippen molar-refractivity contribution < 1.29 is 9.76 Å². The molecule has 0 saturated carbocycles. The molecule has 90 valence electrons. The van der Waals surface area contributed by atoms with E-state index in [-0.39, 0.29) is 5.71 Å². The van der Waals surface area contributed by atoms with Gasteiger partial charge in [-0.2, -0.15) is 5.26 Å². The summed E-state index contributed by atoms with van der Waals surface area (Å²) in [5.74, 6) is 0.546. The summed E-state index contributed by atoms with van der Waals surface area (Å²) in [6.45, 7) is 3.70. The van der Waals surface area contributed by atoms with Crippen molar-refractivity contribution in [2.24, 2.45) is 5.16 Å². The number of hydrogen-bond acceptors (Lipinski definition) is 5. The van der Waals surface area contributed by atoms with Crippen LogP contribution in [0.25, 0.3) is 0 Å². The largest absolute Gasteiger partial charge is 0.611 e. The van der Waals surface area contributed by atoms with Gasteiger partial charge in [-0.15, -0.1) is 0 Å². The van der Waals surface area contributed by atoms with Gasteiger partial charge in [-0.1, -0.05) is 12.1 Å². The van der Waals surface area contributed by atoms with E-state index in [4.69, 9.17) is 10.5 Å². The standard InChI is InChI=1S/C11H13N3O2S/c1-3-4-17(16)11-5-9(7-13-8(11)2)10(6-12)14-15/h5,7,15H,3-4H2,1-2H3/b14-10+. The molecule has 0 bridgehead atoms. The lowest BCUT2D eigenvalue weighted by atomic mass is 10.2. The Hall–Kier alpha value is -1.58. The zero-order chi connectivity index (χ0) is 12.8. The van der Waals surface area contributed by atoms with E-state index in [9.17, 15) is 4.55 Å². The maximum absolute atomic E-state index is 11.9. The van der Waals surface area contributed by atoms with Crippen molar-refractivity contribution in [2.75, 3.05) is 5.75 Å². The van der Waals surface area contributed by atoms with Crippen LogP contribution in [0, 0.1) is 18.3 Å². The predicted octanol–water partition coefficient (Wildman–Crippen LogP) is 1.61. The summed E-state index contributed by atoms with van der Waals surface area (Å²) in [5, 5.41) is 20.3. The van der Waals surface area contributed by atoms with Crippen molar-refractivity contribution >= 4 is 16.9 Å². The highest BCUT2D eigenvalue weighted by Gasteiger charge is 2.16. The highest BCUT2D eigenvalue weighted by molar-refractivity contribution is 7.91. The number of aromatic nitrogens is 1. The number of nitrogens with zero attached hydrogens (tertiary/aromatic N) is 3. The molecule has 0 amide bonds. The van der Waals surface area contributed by atoms with E-state index in [1.54, 1.807) is 19.1 Å². The lowest BCUT2D eigenvalue weighted by molar-refractivity contribution is 0.320. The first-order valence-corrected chi connectivity index (χ1v) is 6.43. The Morgan fingerprint density at radius 2 is 2.41 bits per heavy atom. The molecular weight excluding hydrogens is 238 g/mol. The second kappa shape index (κ2) is 6.23. The number of nitriles is 1. The molecule has 17 heavy (non-hydrogen) atoms. The Bertz CT molecular complexity index is 468. The number of pyridine rings is 1. The van der Waals surface area contributed by atoms with Crippen molar-refractivity contribution in [3.05, 3.63) is 23.5 Å². The molecule has 1 aromatic rings. The Labute approximate surface area is 103 Å². The molecule has 1 heterocycles. The van der Waals surface area contributed by atoms with Gasteiger partial charge >= 0.3 is 0 Å². The number of rotatable bonds is 4. The van der Waals surface area contributed by atoms with E-state index < -0.39 is 11.2 Å². The Kier molecular flexibility index (Phi) is 4.94. The normalized spacial score (nSPS) is 13.2. The zero-order valence-electron chi connectivity index (χ0n) is 9.67. The van der Waals surface area contributed by atoms with Gasteiger partial charge in [-0.25, -0.2) is 0 Å². The fourth-order valence-electron chi connectivity index (χ4n) is 1.31. The first-order valence-electron chi connectivity index (χ1n) is 5.11. The molecule has 0 aliphatic heterocycles. The number of oxime groups is 1.